The summed E-state index contributed by atoms with van der Waals surface area (Å²) in [5.74, 6) is -0.254. The largest absolute Gasteiger partial charge is 0.370 e. The van der Waals surface area contributed by atoms with Gasteiger partial charge in [0.1, 0.15) is 5.82 Å². The Kier molecular flexibility index (Phi) is 4.32. The molecule has 98 valence electrons. The lowest BCUT2D eigenvalue weighted by Gasteiger charge is -2.21. The zero-order valence-electron chi connectivity index (χ0n) is 10.4. The van der Waals surface area contributed by atoms with Crippen molar-refractivity contribution in [2.75, 3.05) is 11.9 Å². The Labute approximate surface area is 120 Å². The van der Waals surface area contributed by atoms with E-state index < -0.39 is 0 Å². The Morgan fingerprint density at radius 1 is 1.26 bits per heavy atom. The van der Waals surface area contributed by atoms with Crippen LogP contribution >= 0.6 is 15.9 Å². The van der Waals surface area contributed by atoms with Gasteiger partial charge >= 0.3 is 0 Å². The summed E-state index contributed by atoms with van der Waals surface area (Å²) in [6.07, 6.45) is 0.823. The van der Waals surface area contributed by atoms with E-state index in [0.29, 0.717) is 12.1 Å². The van der Waals surface area contributed by atoms with Gasteiger partial charge in [0.2, 0.25) is 0 Å². The molecule has 0 heterocycles. The second kappa shape index (κ2) is 5.97. The lowest BCUT2D eigenvalue weighted by molar-refractivity contribution is 0.112. The van der Waals surface area contributed by atoms with Crippen molar-refractivity contribution >= 4 is 27.9 Å². The molecule has 0 amide bonds. The molecule has 4 heteroatoms. The van der Waals surface area contributed by atoms with Crippen LogP contribution in [0.4, 0.5) is 10.1 Å². The maximum absolute atomic E-state index is 13.1. The molecule has 0 aliphatic heterocycles. The van der Waals surface area contributed by atoms with Crippen molar-refractivity contribution in [1.29, 1.82) is 0 Å². The van der Waals surface area contributed by atoms with Gasteiger partial charge in [0.15, 0.2) is 6.29 Å². The van der Waals surface area contributed by atoms with Crippen molar-refractivity contribution in [2.45, 2.75) is 6.54 Å². The van der Waals surface area contributed by atoms with Gasteiger partial charge in [0, 0.05) is 29.3 Å². The van der Waals surface area contributed by atoms with E-state index in [-0.39, 0.29) is 5.82 Å². The molecule has 0 aromatic heterocycles. The van der Waals surface area contributed by atoms with Crippen LogP contribution in [0.2, 0.25) is 0 Å². The third-order valence-corrected chi connectivity index (χ3v) is 3.33. The van der Waals surface area contributed by atoms with Gasteiger partial charge in [-0.05, 0) is 35.9 Å². The van der Waals surface area contributed by atoms with Crippen LogP contribution in [0.3, 0.4) is 0 Å². The highest BCUT2D eigenvalue weighted by Crippen LogP contribution is 2.24. The molecule has 0 aliphatic rings. The molecular weight excluding hydrogens is 309 g/mol. The highest BCUT2D eigenvalue weighted by Gasteiger charge is 2.08. The third-order valence-electron chi connectivity index (χ3n) is 2.84. The first-order valence-electron chi connectivity index (χ1n) is 5.80. The van der Waals surface area contributed by atoms with Crippen molar-refractivity contribution in [2.24, 2.45) is 0 Å². The van der Waals surface area contributed by atoms with Gasteiger partial charge in [-0.25, -0.2) is 4.39 Å². The number of halogens is 2. The Balaban J connectivity index is 2.26. The molecule has 0 unspecified atom stereocenters. The first-order valence-corrected chi connectivity index (χ1v) is 6.60. The van der Waals surface area contributed by atoms with Gasteiger partial charge in [-0.1, -0.05) is 28.1 Å². The summed E-state index contributed by atoms with van der Waals surface area (Å²) in [6, 6.07) is 11.9. The minimum absolute atomic E-state index is 0.254. The average molecular weight is 322 g/mol. The first-order chi connectivity index (χ1) is 9.10. The van der Waals surface area contributed by atoms with E-state index in [4.69, 9.17) is 0 Å². The van der Waals surface area contributed by atoms with Gasteiger partial charge < -0.3 is 4.90 Å². The Bertz CT molecular complexity index is 600. The molecule has 0 saturated heterocycles. The predicted molar refractivity (Wildman–Crippen MR) is 78.0 cm³/mol. The van der Waals surface area contributed by atoms with Crippen molar-refractivity contribution < 1.29 is 9.18 Å². The molecule has 2 aromatic rings. The molecule has 0 radical (unpaired) electrons. The standard InChI is InChI=1S/C15H13BrFNO/c1-18(9-11-3-2-4-14(17)7-11)15-8-13(16)6-5-12(15)10-19/h2-8,10H,9H2,1H3. The lowest BCUT2D eigenvalue weighted by Crippen LogP contribution is -2.18. The van der Waals surface area contributed by atoms with Crippen LogP contribution in [-0.2, 0) is 6.54 Å². The zero-order valence-corrected chi connectivity index (χ0v) is 12.0. The summed E-state index contributed by atoms with van der Waals surface area (Å²) >= 11 is 3.39. The predicted octanol–water partition coefficient (Wildman–Crippen LogP) is 4.04. The summed E-state index contributed by atoms with van der Waals surface area (Å²) in [4.78, 5) is 13.0. The molecule has 0 saturated carbocycles. The lowest BCUT2D eigenvalue weighted by atomic mass is 10.1. The van der Waals surface area contributed by atoms with Crippen LogP contribution < -0.4 is 4.90 Å². The van der Waals surface area contributed by atoms with Gasteiger partial charge in [0.25, 0.3) is 0 Å². The normalized spacial score (nSPS) is 10.3. The van der Waals surface area contributed by atoms with Crippen LogP contribution in [0.1, 0.15) is 15.9 Å². The Hall–Kier alpha value is -1.68. The van der Waals surface area contributed by atoms with Crippen molar-refractivity contribution in [3.8, 4) is 0 Å². The van der Waals surface area contributed by atoms with E-state index in [0.717, 1.165) is 22.0 Å². The molecule has 2 aromatic carbocycles. The van der Waals surface area contributed by atoms with E-state index >= 15 is 0 Å². The van der Waals surface area contributed by atoms with Crippen LogP contribution in [0.5, 0.6) is 0 Å². The van der Waals surface area contributed by atoms with E-state index in [1.54, 1.807) is 12.1 Å². The fourth-order valence-corrected chi connectivity index (χ4v) is 2.29. The molecule has 0 atom stereocenters. The summed E-state index contributed by atoms with van der Waals surface area (Å²) < 4.78 is 14.0. The fourth-order valence-electron chi connectivity index (χ4n) is 1.94. The van der Waals surface area contributed by atoms with E-state index in [9.17, 15) is 9.18 Å². The molecule has 0 aliphatic carbocycles. The zero-order chi connectivity index (χ0) is 13.8. The van der Waals surface area contributed by atoms with E-state index in [2.05, 4.69) is 15.9 Å². The minimum atomic E-state index is -0.254. The second-order valence-corrected chi connectivity index (χ2v) is 5.22. The van der Waals surface area contributed by atoms with Gasteiger partial charge in [-0.2, -0.15) is 0 Å². The Morgan fingerprint density at radius 3 is 2.74 bits per heavy atom. The first kappa shape index (κ1) is 13.7. The number of hydrogen-bond acceptors (Lipinski definition) is 2. The Morgan fingerprint density at radius 2 is 2.05 bits per heavy atom. The highest BCUT2D eigenvalue weighted by atomic mass is 79.9. The quantitative estimate of drug-likeness (QED) is 0.792. The van der Waals surface area contributed by atoms with E-state index in [1.165, 1.54) is 12.1 Å². The highest BCUT2D eigenvalue weighted by molar-refractivity contribution is 9.10. The second-order valence-electron chi connectivity index (χ2n) is 4.31. The maximum Gasteiger partial charge on any atom is 0.152 e. The van der Waals surface area contributed by atoms with Crippen molar-refractivity contribution in [3.05, 3.63) is 63.9 Å². The number of rotatable bonds is 4. The average Bonchev–Trinajstić information content (AvgIpc) is 2.38. The van der Waals surface area contributed by atoms with Gasteiger partial charge in [-0.15, -0.1) is 0 Å². The molecule has 19 heavy (non-hydrogen) atoms. The number of nitrogens with zero attached hydrogens (tertiary/aromatic N) is 1. The number of carbonyl (C=O) groups excluding carboxylic acids is 1. The fraction of sp³-hybridized carbons (Fsp3) is 0.133. The van der Waals surface area contributed by atoms with Gasteiger partial charge in [-0.3, -0.25) is 4.79 Å². The maximum atomic E-state index is 13.1. The van der Waals surface area contributed by atoms with Gasteiger partial charge in [0.05, 0.1) is 0 Å². The smallest absolute Gasteiger partial charge is 0.152 e. The topological polar surface area (TPSA) is 20.3 Å². The number of carbonyl (C=O) groups is 1. The van der Waals surface area contributed by atoms with Crippen molar-refractivity contribution in [1.82, 2.24) is 0 Å². The molecule has 0 spiro atoms. The summed E-state index contributed by atoms with van der Waals surface area (Å²) in [5, 5.41) is 0. The number of aldehydes is 1. The molecule has 2 rings (SSSR count). The third kappa shape index (κ3) is 3.41. The van der Waals surface area contributed by atoms with Crippen LogP contribution in [0.25, 0.3) is 0 Å². The SMILES string of the molecule is CN(Cc1cccc(F)c1)c1cc(Br)ccc1C=O. The molecule has 2 nitrogen and oxygen atoms in total. The van der Waals surface area contributed by atoms with E-state index in [1.807, 2.05) is 30.1 Å². The van der Waals surface area contributed by atoms with Crippen LogP contribution in [0, 0.1) is 5.82 Å². The molecular formula is C15H13BrFNO. The van der Waals surface area contributed by atoms with Crippen molar-refractivity contribution in [3.63, 3.8) is 0 Å². The minimum Gasteiger partial charge on any atom is -0.370 e. The molecule has 0 N–H and O–H groups in total. The summed E-state index contributed by atoms with van der Waals surface area (Å²) in [6.45, 7) is 0.537. The summed E-state index contributed by atoms with van der Waals surface area (Å²) in [7, 11) is 1.87. The number of anilines is 1. The van der Waals surface area contributed by atoms with Crippen LogP contribution in [-0.4, -0.2) is 13.3 Å². The monoisotopic (exact) mass is 321 g/mol. The molecule has 0 bridgehead atoms. The molecule has 0 fully saturated rings. The summed E-state index contributed by atoms with van der Waals surface area (Å²) in [5.41, 5.74) is 2.29. The number of benzene rings is 2. The number of hydrogen-bond donors (Lipinski definition) is 0. The van der Waals surface area contributed by atoms with Crippen LogP contribution in [0.15, 0.2) is 46.9 Å².